The lowest BCUT2D eigenvalue weighted by molar-refractivity contribution is 0.112. The van der Waals surface area contributed by atoms with Gasteiger partial charge in [0.1, 0.15) is 6.29 Å². The number of methoxy groups -OCH3 is 3. The molecule has 0 aliphatic carbocycles. The Labute approximate surface area is 128 Å². The van der Waals surface area contributed by atoms with Crippen LogP contribution in [0.5, 0.6) is 17.2 Å². The van der Waals surface area contributed by atoms with Gasteiger partial charge in [-0.05, 0) is 18.2 Å². The van der Waals surface area contributed by atoms with Crippen LogP contribution >= 0.6 is 11.6 Å². The van der Waals surface area contributed by atoms with Gasteiger partial charge in [0.05, 0.1) is 21.3 Å². The van der Waals surface area contributed by atoms with Crippen molar-refractivity contribution in [1.29, 1.82) is 0 Å². The Balaban J connectivity index is 2.66. The quantitative estimate of drug-likeness (QED) is 0.787. The maximum Gasteiger partial charge on any atom is 0.203 e. The second-order valence-corrected chi connectivity index (χ2v) is 4.65. The number of halogens is 1. The van der Waals surface area contributed by atoms with Crippen molar-refractivity contribution in [3.63, 3.8) is 0 Å². The van der Waals surface area contributed by atoms with Gasteiger partial charge in [-0.25, -0.2) is 0 Å². The first-order valence-electron chi connectivity index (χ1n) is 6.20. The molecule has 110 valence electrons. The third kappa shape index (κ3) is 2.81. The largest absolute Gasteiger partial charge is 0.493 e. The summed E-state index contributed by atoms with van der Waals surface area (Å²) in [7, 11) is 4.65. The fourth-order valence-corrected chi connectivity index (χ4v) is 2.43. The van der Waals surface area contributed by atoms with E-state index in [1.807, 2.05) is 6.07 Å². The van der Waals surface area contributed by atoms with Gasteiger partial charge in [-0.2, -0.15) is 0 Å². The summed E-state index contributed by atoms with van der Waals surface area (Å²) in [6.07, 6.45) is 0.751. The number of benzene rings is 2. The predicted octanol–water partition coefficient (Wildman–Crippen LogP) is 3.85. The molecule has 0 saturated carbocycles. The van der Waals surface area contributed by atoms with Gasteiger partial charge in [0.25, 0.3) is 0 Å². The zero-order valence-electron chi connectivity index (χ0n) is 12.0. The molecular weight excluding hydrogens is 292 g/mol. The second-order valence-electron chi connectivity index (χ2n) is 4.24. The molecular formula is C16H15ClO4. The monoisotopic (exact) mass is 306 g/mol. The number of ether oxygens (including phenoxy) is 3. The number of aldehydes is 1. The van der Waals surface area contributed by atoms with E-state index < -0.39 is 0 Å². The van der Waals surface area contributed by atoms with Crippen molar-refractivity contribution in [3.05, 3.63) is 40.9 Å². The summed E-state index contributed by atoms with van der Waals surface area (Å²) in [5.41, 5.74) is 2.03. The van der Waals surface area contributed by atoms with Gasteiger partial charge in [0.2, 0.25) is 5.75 Å². The number of hydrogen-bond donors (Lipinski definition) is 0. The van der Waals surface area contributed by atoms with Gasteiger partial charge in [0, 0.05) is 21.7 Å². The standard InChI is InChI=1S/C16H15ClO4/c1-19-14-7-6-12(15(20-2)16(14)21-3)11-5-4-10(9-18)8-13(11)17/h4-9H,1-3H3. The smallest absolute Gasteiger partial charge is 0.203 e. The van der Waals surface area contributed by atoms with Crippen molar-refractivity contribution in [2.75, 3.05) is 21.3 Å². The molecule has 0 aromatic heterocycles. The van der Waals surface area contributed by atoms with Crippen LogP contribution in [0.2, 0.25) is 5.02 Å². The van der Waals surface area contributed by atoms with Gasteiger partial charge in [-0.15, -0.1) is 0 Å². The van der Waals surface area contributed by atoms with Gasteiger partial charge in [-0.3, -0.25) is 4.79 Å². The average Bonchev–Trinajstić information content (AvgIpc) is 2.53. The fraction of sp³-hybridized carbons (Fsp3) is 0.188. The van der Waals surface area contributed by atoms with Crippen LogP contribution < -0.4 is 14.2 Å². The molecule has 0 atom stereocenters. The molecule has 0 bridgehead atoms. The van der Waals surface area contributed by atoms with Crippen molar-refractivity contribution in [2.45, 2.75) is 0 Å². The molecule has 0 aliphatic rings. The Morgan fingerprint density at radius 3 is 2.10 bits per heavy atom. The molecule has 2 aromatic rings. The SMILES string of the molecule is COc1ccc(-c2ccc(C=O)cc2Cl)c(OC)c1OC. The highest BCUT2D eigenvalue weighted by Gasteiger charge is 2.18. The van der Waals surface area contributed by atoms with Crippen LogP contribution in [0.25, 0.3) is 11.1 Å². The minimum Gasteiger partial charge on any atom is -0.493 e. The molecule has 21 heavy (non-hydrogen) atoms. The van der Waals surface area contributed by atoms with Crippen LogP contribution in [-0.4, -0.2) is 27.6 Å². The highest BCUT2D eigenvalue weighted by atomic mass is 35.5. The van der Waals surface area contributed by atoms with E-state index in [-0.39, 0.29) is 0 Å². The Morgan fingerprint density at radius 2 is 1.57 bits per heavy atom. The normalized spacial score (nSPS) is 10.1. The zero-order chi connectivity index (χ0) is 15.4. The molecule has 0 saturated heterocycles. The molecule has 0 aliphatic heterocycles. The minimum absolute atomic E-state index is 0.463. The fourth-order valence-electron chi connectivity index (χ4n) is 2.14. The van der Waals surface area contributed by atoms with E-state index in [4.69, 9.17) is 25.8 Å². The van der Waals surface area contributed by atoms with Crippen LogP contribution in [0, 0.1) is 0 Å². The molecule has 0 unspecified atom stereocenters. The second kappa shape index (κ2) is 6.50. The Hall–Kier alpha value is -2.20. The molecule has 0 spiro atoms. The molecule has 0 N–H and O–H groups in total. The summed E-state index contributed by atoms with van der Waals surface area (Å²) in [4.78, 5) is 10.8. The molecule has 0 heterocycles. The number of carbonyl (C=O) groups excluding carboxylic acids is 1. The lowest BCUT2D eigenvalue weighted by Gasteiger charge is -2.16. The maximum absolute atomic E-state index is 10.8. The summed E-state index contributed by atoms with van der Waals surface area (Å²) in [6.45, 7) is 0. The van der Waals surface area contributed by atoms with Crippen LogP contribution in [0.4, 0.5) is 0 Å². The molecule has 5 heteroatoms. The first-order chi connectivity index (χ1) is 10.2. The van der Waals surface area contributed by atoms with Crippen molar-refractivity contribution in [3.8, 4) is 28.4 Å². The maximum atomic E-state index is 10.8. The van der Waals surface area contributed by atoms with Gasteiger partial charge in [-0.1, -0.05) is 23.7 Å². The highest BCUT2D eigenvalue weighted by Crippen LogP contribution is 2.45. The van der Waals surface area contributed by atoms with Crippen molar-refractivity contribution in [1.82, 2.24) is 0 Å². The molecule has 4 nitrogen and oxygen atoms in total. The Kier molecular flexibility index (Phi) is 4.70. The van der Waals surface area contributed by atoms with E-state index in [1.165, 1.54) is 0 Å². The molecule has 0 radical (unpaired) electrons. The van der Waals surface area contributed by atoms with Crippen molar-refractivity contribution < 1.29 is 19.0 Å². The topological polar surface area (TPSA) is 44.8 Å². The van der Waals surface area contributed by atoms with Gasteiger partial charge in [0.15, 0.2) is 11.5 Å². The lowest BCUT2D eigenvalue weighted by Crippen LogP contribution is -1.97. The van der Waals surface area contributed by atoms with Crippen LogP contribution in [-0.2, 0) is 0 Å². The summed E-state index contributed by atoms with van der Waals surface area (Å²) in [5.74, 6) is 1.59. The van der Waals surface area contributed by atoms with E-state index in [9.17, 15) is 4.79 Å². The average molecular weight is 307 g/mol. The Bertz CT molecular complexity index is 668. The summed E-state index contributed by atoms with van der Waals surface area (Å²) >= 11 is 6.25. The number of carbonyl (C=O) groups is 1. The van der Waals surface area contributed by atoms with Crippen LogP contribution in [0.3, 0.4) is 0 Å². The van der Waals surface area contributed by atoms with Gasteiger partial charge < -0.3 is 14.2 Å². The third-order valence-electron chi connectivity index (χ3n) is 3.12. The van der Waals surface area contributed by atoms with Crippen LogP contribution in [0.15, 0.2) is 30.3 Å². The summed E-state index contributed by atoms with van der Waals surface area (Å²) in [5, 5.41) is 0.463. The third-order valence-corrected chi connectivity index (χ3v) is 3.44. The van der Waals surface area contributed by atoms with Crippen molar-refractivity contribution >= 4 is 17.9 Å². The first-order valence-corrected chi connectivity index (χ1v) is 6.58. The molecule has 0 fully saturated rings. The lowest BCUT2D eigenvalue weighted by atomic mass is 10.0. The van der Waals surface area contributed by atoms with E-state index >= 15 is 0 Å². The van der Waals surface area contributed by atoms with E-state index in [1.54, 1.807) is 45.6 Å². The Morgan fingerprint density at radius 1 is 0.905 bits per heavy atom. The predicted molar refractivity (Wildman–Crippen MR) is 81.9 cm³/mol. The first kappa shape index (κ1) is 15.2. The number of hydrogen-bond acceptors (Lipinski definition) is 4. The zero-order valence-corrected chi connectivity index (χ0v) is 12.7. The van der Waals surface area contributed by atoms with E-state index in [0.717, 1.165) is 17.4 Å². The number of rotatable bonds is 5. The van der Waals surface area contributed by atoms with E-state index in [2.05, 4.69) is 0 Å². The minimum atomic E-state index is 0.463. The van der Waals surface area contributed by atoms with E-state index in [0.29, 0.717) is 27.8 Å². The molecule has 2 rings (SSSR count). The molecule has 2 aromatic carbocycles. The summed E-state index contributed by atoms with van der Waals surface area (Å²) in [6, 6.07) is 8.70. The molecule has 0 amide bonds. The van der Waals surface area contributed by atoms with Crippen molar-refractivity contribution in [2.24, 2.45) is 0 Å². The summed E-state index contributed by atoms with van der Waals surface area (Å²) < 4.78 is 16.1. The van der Waals surface area contributed by atoms with Gasteiger partial charge >= 0.3 is 0 Å². The highest BCUT2D eigenvalue weighted by molar-refractivity contribution is 6.33. The van der Waals surface area contributed by atoms with Crippen LogP contribution in [0.1, 0.15) is 10.4 Å².